The Morgan fingerprint density at radius 2 is 2.35 bits per heavy atom. The lowest BCUT2D eigenvalue weighted by molar-refractivity contribution is 0.0692. The Bertz CT molecular complexity index is 431. The van der Waals surface area contributed by atoms with Gasteiger partial charge in [-0.3, -0.25) is 0 Å². The average molecular weight is 235 g/mol. The molecule has 0 saturated carbocycles. The monoisotopic (exact) mass is 235 g/mol. The van der Waals surface area contributed by atoms with E-state index in [1.165, 1.54) is 0 Å². The SMILES string of the molecule is CCC(C)N1CCOc2c(C(=O)O)cccc21. The van der Waals surface area contributed by atoms with Crippen LogP contribution in [0.3, 0.4) is 0 Å². The summed E-state index contributed by atoms with van der Waals surface area (Å²) >= 11 is 0. The minimum Gasteiger partial charge on any atom is -0.489 e. The van der Waals surface area contributed by atoms with Crippen LogP contribution in [0.15, 0.2) is 18.2 Å². The van der Waals surface area contributed by atoms with E-state index in [9.17, 15) is 4.79 Å². The number of fused-ring (bicyclic) bond motifs is 1. The van der Waals surface area contributed by atoms with Gasteiger partial charge in [0.2, 0.25) is 0 Å². The summed E-state index contributed by atoms with van der Waals surface area (Å²) in [4.78, 5) is 13.3. The van der Waals surface area contributed by atoms with Gasteiger partial charge in [0.05, 0.1) is 12.2 Å². The summed E-state index contributed by atoms with van der Waals surface area (Å²) in [7, 11) is 0. The third-order valence-electron chi connectivity index (χ3n) is 3.24. The highest BCUT2D eigenvalue weighted by atomic mass is 16.5. The van der Waals surface area contributed by atoms with E-state index < -0.39 is 5.97 Å². The first-order chi connectivity index (χ1) is 8.15. The predicted octanol–water partition coefficient (Wildman–Crippen LogP) is 2.38. The van der Waals surface area contributed by atoms with Gasteiger partial charge in [0.25, 0.3) is 0 Å². The van der Waals surface area contributed by atoms with Gasteiger partial charge >= 0.3 is 5.97 Å². The molecule has 2 rings (SSSR count). The molecule has 0 aromatic heterocycles. The highest BCUT2D eigenvalue weighted by Crippen LogP contribution is 2.36. The molecule has 1 unspecified atom stereocenters. The second kappa shape index (κ2) is 4.65. The van der Waals surface area contributed by atoms with E-state index in [4.69, 9.17) is 9.84 Å². The maximum atomic E-state index is 11.1. The van der Waals surface area contributed by atoms with Crippen LogP contribution in [0.2, 0.25) is 0 Å². The molecule has 1 heterocycles. The zero-order valence-electron chi connectivity index (χ0n) is 10.1. The number of aromatic carboxylic acids is 1. The van der Waals surface area contributed by atoms with Crippen molar-refractivity contribution in [2.45, 2.75) is 26.3 Å². The maximum Gasteiger partial charge on any atom is 0.339 e. The standard InChI is InChI=1S/C13H17NO3/c1-3-9(2)14-7-8-17-12-10(13(15)16)5-4-6-11(12)14/h4-6,9H,3,7-8H2,1-2H3,(H,15,16). The van der Waals surface area contributed by atoms with Crippen molar-refractivity contribution in [3.05, 3.63) is 23.8 Å². The number of hydrogen-bond donors (Lipinski definition) is 1. The van der Waals surface area contributed by atoms with E-state index in [-0.39, 0.29) is 5.56 Å². The fourth-order valence-electron chi connectivity index (χ4n) is 2.12. The van der Waals surface area contributed by atoms with Crippen LogP contribution < -0.4 is 9.64 Å². The van der Waals surface area contributed by atoms with E-state index in [1.54, 1.807) is 12.1 Å². The molecule has 1 atom stereocenters. The predicted molar refractivity (Wildman–Crippen MR) is 66.0 cm³/mol. The first-order valence-corrected chi connectivity index (χ1v) is 5.91. The van der Waals surface area contributed by atoms with Crippen molar-refractivity contribution in [1.29, 1.82) is 0 Å². The molecule has 0 saturated heterocycles. The molecule has 4 heteroatoms. The summed E-state index contributed by atoms with van der Waals surface area (Å²) in [6, 6.07) is 5.67. The van der Waals surface area contributed by atoms with Gasteiger partial charge in [-0.2, -0.15) is 0 Å². The summed E-state index contributed by atoms with van der Waals surface area (Å²) in [6.45, 7) is 5.62. The van der Waals surface area contributed by atoms with Gasteiger partial charge in [0.1, 0.15) is 12.2 Å². The maximum absolute atomic E-state index is 11.1. The lowest BCUT2D eigenvalue weighted by Crippen LogP contribution is -2.39. The molecular formula is C13H17NO3. The minimum atomic E-state index is -0.937. The van der Waals surface area contributed by atoms with Crippen LogP contribution in [0.5, 0.6) is 5.75 Å². The number of hydrogen-bond acceptors (Lipinski definition) is 3. The van der Waals surface area contributed by atoms with E-state index in [0.717, 1.165) is 18.7 Å². The lowest BCUT2D eigenvalue weighted by Gasteiger charge is -2.36. The molecule has 0 fully saturated rings. The molecular weight excluding hydrogens is 218 g/mol. The summed E-state index contributed by atoms with van der Waals surface area (Å²) < 4.78 is 5.52. The smallest absolute Gasteiger partial charge is 0.339 e. The molecule has 0 spiro atoms. The van der Waals surface area contributed by atoms with Crippen molar-refractivity contribution in [3.8, 4) is 5.75 Å². The van der Waals surface area contributed by atoms with E-state index in [1.807, 2.05) is 6.07 Å². The molecule has 1 aromatic carbocycles. The number of anilines is 1. The van der Waals surface area contributed by atoms with Gasteiger partial charge in [0.15, 0.2) is 5.75 Å². The van der Waals surface area contributed by atoms with Crippen LogP contribution in [0, 0.1) is 0 Å². The number of nitrogens with zero attached hydrogens (tertiary/aromatic N) is 1. The molecule has 0 amide bonds. The number of benzene rings is 1. The summed E-state index contributed by atoms with van der Waals surface area (Å²) in [5.74, 6) is -0.431. The van der Waals surface area contributed by atoms with Gasteiger partial charge in [-0.15, -0.1) is 0 Å². The van der Waals surface area contributed by atoms with Crippen LogP contribution in [-0.2, 0) is 0 Å². The molecule has 1 aliphatic rings. The lowest BCUT2D eigenvalue weighted by atomic mass is 10.1. The highest BCUT2D eigenvalue weighted by molar-refractivity contribution is 5.93. The van der Waals surface area contributed by atoms with Crippen molar-refractivity contribution < 1.29 is 14.6 Å². The molecule has 92 valence electrons. The van der Waals surface area contributed by atoms with Crippen molar-refractivity contribution in [2.24, 2.45) is 0 Å². The Kier molecular flexibility index (Phi) is 3.22. The fraction of sp³-hybridized carbons (Fsp3) is 0.462. The number of ether oxygens (including phenoxy) is 1. The Morgan fingerprint density at radius 3 is 3.00 bits per heavy atom. The quantitative estimate of drug-likeness (QED) is 0.873. The average Bonchev–Trinajstić information content (AvgIpc) is 2.36. The molecule has 0 bridgehead atoms. The number of para-hydroxylation sites is 1. The summed E-state index contributed by atoms with van der Waals surface area (Å²) in [5.41, 5.74) is 1.14. The van der Waals surface area contributed by atoms with E-state index in [0.29, 0.717) is 18.4 Å². The van der Waals surface area contributed by atoms with Gasteiger partial charge in [-0.1, -0.05) is 13.0 Å². The van der Waals surface area contributed by atoms with Gasteiger partial charge < -0.3 is 14.7 Å². The second-order valence-corrected chi connectivity index (χ2v) is 4.26. The zero-order chi connectivity index (χ0) is 12.4. The largest absolute Gasteiger partial charge is 0.489 e. The third-order valence-corrected chi connectivity index (χ3v) is 3.24. The summed E-state index contributed by atoms with van der Waals surface area (Å²) in [5, 5.41) is 9.12. The molecule has 0 radical (unpaired) electrons. The van der Waals surface area contributed by atoms with Crippen molar-refractivity contribution in [1.82, 2.24) is 0 Å². The van der Waals surface area contributed by atoms with Gasteiger partial charge in [-0.25, -0.2) is 4.79 Å². The van der Waals surface area contributed by atoms with E-state index >= 15 is 0 Å². The Labute approximate surface area is 101 Å². The number of carboxylic acids is 1. The molecule has 1 aromatic rings. The van der Waals surface area contributed by atoms with Crippen molar-refractivity contribution in [3.63, 3.8) is 0 Å². The van der Waals surface area contributed by atoms with Gasteiger partial charge in [0, 0.05) is 6.04 Å². The number of carboxylic acid groups (broad SMARTS) is 1. The number of carbonyl (C=O) groups is 1. The molecule has 1 aliphatic heterocycles. The topological polar surface area (TPSA) is 49.8 Å². The van der Waals surface area contributed by atoms with Crippen LogP contribution in [0.4, 0.5) is 5.69 Å². The van der Waals surface area contributed by atoms with Gasteiger partial charge in [-0.05, 0) is 25.5 Å². The highest BCUT2D eigenvalue weighted by Gasteiger charge is 2.25. The third kappa shape index (κ3) is 2.07. The van der Waals surface area contributed by atoms with Crippen molar-refractivity contribution >= 4 is 11.7 Å². The first kappa shape index (κ1) is 11.8. The van der Waals surface area contributed by atoms with E-state index in [2.05, 4.69) is 18.7 Å². The van der Waals surface area contributed by atoms with Crippen molar-refractivity contribution in [2.75, 3.05) is 18.1 Å². The second-order valence-electron chi connectivity index (χ2n) is 4.26. The zero-order valence-corrected chi connectivity index (χ0v) is 10.1. The number of rotatable bonds is 3. The minimum absolute atomic E-state index is 0.246. The van der Waals surface area contributed by atoms with Crippen LogP contribution in [0.25, 0.3) is 0 Å². The molecule has 17 heavy (non-hydrogen) atoms. The Balaban J connectivity index is 2.45. The Hall–Kier alpha value is -1.71. The first-order valence-electron chi connectivity index (χ1n) is 5.91. The Morgan fingerprint density at radius 1 is 1.59 bits per heavy atom. The summed E-state index contributed by atoms with van der Waals surface area (Å²) in [6.07, 6.45) is 1.02. The normalized spacial score (nSPS) is 16.0. The molecule has 4 nitrogen and oxygen atoms in total. The molecule has 1 N–H and O–H groups in total. The fourth-order valence-corrected chi connectivity index (χ4v) is 2.12. The molecule has 0 aliphatic carbocycles. The van der Waals surface area contributed by atoms with Crippen LogP contribution in [-0.4, -0.2) is 30.3 Å². The van der Waals surface area contributed by atoms with Crippen LogP contribution in [0.1, 0.15) is 30.6 Å². The van der Waals surface area contributed by atoms with Crippen LogP contribution >= 0.6 is 0 Å².